The number of rotatable bonds is 8. The van der Waals surface area contributed by atoms with Crippen LogP contribution in [0.4, 0.5) is 5.69 Å². The maximum atomic E-state index is 6.03. The number of nitrogens with one attached hydrogen (secondary N) is 1. The first-order chi connectivity index (χ1) is 10.6. The number of nitrogens with two attached hydrogens (primary N) is 1. The van der Waals surface area contributed by atoms with Crippen LogP contribution >= 0.6 is 0 Å². The van der Waals surface area contributed by atoms with E-state index in [-0.39, 0.29) is 6.10 Å². The average Bonchev–Trinajstić information content (AvgIpc) is 2.50. The lowest BCUT2D eigenvalue weighted by atomic mass is 10.1. The van der Waals surface area contributed by atoms with Crippen LogP contribution in [0.5, 0.6) is 5.75 Å². The number of aromatic nitrogens is 1. The number of hydrogen-bond donors (Lipinski definition) is 2. The normalized spacial score (nSPS) is 10.9. The van der Waals surface area contributed by atoms with Gasteiger partial charge in [0.25, 0.3) is 0 Å². The summed E-state index contributed by atoms with van der Waals surface area (Å²) in [5.41, 5.74) is 9.20. The van der Waals surface area contributed by atoms with Crippen LogP contribution in [-0.4, -0.2) is 17.6 Å². The molecule has 2 rings (SSSR count). The van der Waals surface area contributed by atoms with E-state index in [0.717, 1.165) is 37.4 Å². The third-order valence-corrected chi connectivity index (χ3v) is 3.31. The Hall–Kier alpha value is -2.07. The van der Waals surface area contributed by atoms with Crippen LogP contribution in [0.3, 0.4) is 0 Å². The Balaban J connectivity index is 1.72. The van der Waals surface area contributed by atoms with E-state index in [1.165, 1.54) is 11.1 Å². The molecule has 0 saturated carbocycles. The molecule has 0 amide bonds. The number of pyridine rings is 1. The molecule has 22 heavy (non-hydrogen) atoms. The van der Waals surface area contributed by atoms with E-state index in [2.05, 4.69) is 22.4 Å². The van der Waals surface area contributed by atoms with Crippen LogP contribution in [0.2, 0.25) is 0 Å². The summed E-state index contributed by atoms with van der Waals surface area (Å²) in [6.07, 6.45) is 5.91. The molecule has 118 valence electrons. The van der Waals surface area contributed by atoms with E-state index in [1.807, 2.05) is 38.2 Å². The standard InChI is InChI=1S/C18H25N3O/c1-14(2)22-18-8-7-15(11-17(18)19)5-3-9-20-12-16-6-4-10-21-13-16/h4,6-8,10-11,13-14,20H,3,5,9,12,19H2,1-2H3. The minimum Gasteiger partial charge on any atom is -0.489 e. The van der Waals surface area contributed by atoms with Gasteiger partial charge in [-0.25, -0.2) is 0 Å². The largest absolute Gasteiger partial charge is 0.489 e. The smallest absolute Gasteiger partial charge is 0.142 e. The summed E-state index contributed by atoms with van der Waals surface area (Å²) in [4.78, 5) is 4.10. The van der Waals surface area contributed by atoms with Crippen LogP contribution in [-0.2, 0) is 13.0 Å². The lowest BCUT2D eigenvalue weighted by Crippen LogP contribution is -2.15. The first-order valence-electron chi connectivity index (χ1n) is 7.80. The minimum absolute atomic E-state index is 0.143. The third kappa shape index (κ3) is 5.37. The molecule has 0 saturated heterocycles. The van der Waals surface area contributed by atoms with Crippen LogP contribution in [0.15, 0.2) is 42.7 Å². The highest BCUT2D eigenvalue weighted by Crippen LogP contribution is 2.24. The Labute approximate surface area is 132 Å². The fourth-order valence-electron chi connectivity index (χ4n) is 2.27. The molecule has 1 aromatic carbocycles. The topological polar surface area (TPSA) is 60.2 Å². The molecule has 0 radical (unpaired) electrons. The summed E-state index contributed by atoms with van der Waals surface area (Å²) >= 11 is 0. The van der Waals surface area contributed by atoms with E-state index in [0.29, 0.717) is 0 Å². The molecule has 0 aliphatic rings. The van der Waals surface area contributed by atoms with Gasteiger partial charge >= 0.3 is 0 Å². The molecule has 0 spiro atoms. The van der Waals surface area contributed by atoms with Crippen LogP contribution in [0.1, 0.15) is 31.4 Å². The highest BCUT2D eigenvalue weighted by molar-refractivity contribution is 5.54. The summed E-state index contributed by atoms with van der Waals surface area (Å²) < 4.78 is 5.65. The van der Waals surface area contributed by atoms with E-state index >= 15 is 0 Å². The SMILES string of the molecule is CC(C)Oc1ccc(CCCNCc2cccnc2)cc1N. The van der Waals surface area contributed by atoms with Crippen molar-refractivity contribution in [3.05, 3.63) is 53.9 Å². The second kappa shape index (κ2) is 8.39. The maximum absolute atomic E-state index is 6.03. The predicted molar refractivity (Wildman–Crippen MR) is 90.9 cm³/mol. The zero-order chi connectivity index (χ0) is 15.8. The number of benzene rings is 1. The molecule has 0 aliphatic heterocycles. The summed E-state index contributed by atoms with van der Waals surface area (Å²) in [5.74, 6) is 0.772. The predicted octanol–water partition coefficient (Wildman–Crippen LogP) is 3.17. The highest BCUT2D eigenvalue weighted by Gasteiger charge is 2.04. The van der Waals surface area contributed by atoms with Gasteiger partial charge in [-0.1, -0.05) is 12.1 Å². The lowest BCUT2D eigenvalue weighted by molar-refractivity contribution is 0.244. The molecule has 0 unspecified atom stereocenters. The number of nitrogen functional groups attached to an aromatic ring is 1. The third-order valence-electron chi connectivity index (χ3n) is 3.31. The number of anilines is 1. The van der Waals surface area contributed by atoms with Gasteiger partial charge in [-0.05, 0) is 62.6 Å². The van der Waals surface area contributed by atoms with Crippen molar-refractivity contribution in [2.45, 2.75) is 39.3 Å². The molecule has 0 atom stereocenters. The fourth-order valence-corrected chi connectivity index (χ4v) is 2.27. The van der Waals surface area contributed by atoms with E-state index < -0.39 is 0 Å². The summed E-state index contributed by atoms with van der Waals surface area (Å²) in [6, 6.07) is 10.1. The van der Waals surface area contributed by atoms with Gasteiger partial charge in [-0.3, -0.25) is 4.98 Å². The summed E-state index contributed by atoms with van der Waals surface area (Å²) in [7, 11) is 0. The van der Waals surface area contributed by atoms with E-state index in [4.69, 9.17) is 10.5 Å². The zero-order valence-electron chi connectivity index (χ0n) is 13.4. The van der Waals surface area contributed by atoms with Gasteiger partial charge in [0.2, 0.25) is 0 Å². The quantitative estimate of drug-likeness (QED) is 0.580. The Morgan fingerprint density at radius 2 is 2.09 bits per heavy atom. The van der Waals surface area contributed by atoms with Crippen molar-refractivity contribution in [1.82, 2.24) is 10.3 Å². The van der Waals surface area contributed by atoms with Gasteiger partial charge in [-0.15, -0.1) is 0 Å². The lowest BCUT2D eigenvalue weighted by Gasteiger charge is -2.13. The molecular formula is C18H25N3O. The molecule has 1 heterocycles. The molecule has 3 N–H and O–H groups in total. The van der Waals surface area contributed by atoms with Gasteiger partial charge in [0.15, 0.2) is 0 Å². The molecule has 0 bridgehead atoms. The molecule has 2 aromatic rings. The molecule has 4 nitrogen and oxygen atoms in total. The van der Waals surface area contributed by atoms with Gasteiger partial charge in [0.05, 0.1) is 11.8 Å². The second-order valence-electron chi connectivity index (χ2n) is 5.68. The zero-order valence-corrected chi connectivity index (χ0v) is 13.4. The molecule has 1 aromatic heterocycles. The number of ether oxygens (including phenoxy) is 1. The van der Waals surface area contributed by atoms with Crippen molar-refractivity contribution >= 4 is 5.69 Å². The van der Waals surface area contributed by atoms with Crippen LogP contribution in [0, 0.1) is 0 Å². The Kier molecular flexibility index (Phi) is 6.22. The van der Waals surface area contributed by atoms with Crippen molar-refractivity contribution in [2.24, 2.45) is 0 Å². The van der Waals surface area contributed by atoms with Crippen molar-refractivity contribution < 1.29 is 4.74 Å². The van der Waals surface area contributed by atoms with Gasteiger partial charge < -0.3 is 15.8 Å². The summed E-state index contributed by atoms with van der Waals surface area (Å²) in [5, 5.41) is 3.43. The van der Waals surface area contributed by atoms with E-state index in [9.17, 15) is 0 Å². The van der Waals surface area contributed by atoms with Crippen LogP contribution < -0.4 is 15.8 Å². The van der Waals surface area contributed by atoms with Gasteiger partial charge in [-0.2, -0.15) is 0 Å². The molecule has 0 aliphatic carbocycles. The number of aryl methyl sites for hydroxylation is 1. The monoisotopic (exact) mass is 299 g/mol. The summed E-state index contributed by atoms with van der Waals surface area (Å²) in [6.45, 7) is 5.83. The van der Waals surface area contributed by atoms with Gasteiger partial charge in [0.1, 0.15) is 5.75 Å². The van der Waals surface area contributed by atoms with Gasteiger partial charge in [0, 0.05) is 18.9 Å². The Bertz CT molecular complexity index is 570. The van der Waals surface area contributed by atoms with Crippen molar-refractivity contribution in [3.63, 3.8) is 0 Å². The first kappa shape index (κ1) is 16.3. The van der Waals surface area contributed by atoms with Crippen molar-refractivity contribution in [2.75, 3.05) is 12.3 Å². The fraction of sp³-hybridized carbons (Fsp3) is 0.389. The van der Waals surface area contributed by atoms with Crippen molar-refractivity contribution in [1.29, 1.82) is 0 Å². The molecular weight excluding hydrogens is 274 g/mol. The highest BCUT2D eigenvalue weighted by atomic mass is 16.5. The second-order valence-corrected chi connectivity index (χ2v) is 5.68. The van der Waals surface area contributed by atoms with E-state index in [1.54, 1.807) is 6.20 Å². The Morgan fingerprint density at radius 1 is 1.23 bits per heavy atom. The number of nitrogens with zero attached hydrogens (tertiary/aromatic N) is 1. The maximum Gasteiger partial charge on any atom is 0.142 e. The molecule has 0 fully saturated rings. The number of hydrogen-bond acceptors (Lipinski definition) is 4. The van der Waals surface area contributed by atoms with Crippen LogP contribution in [0.25, 0.3) is 0 Å². The minimum atomic E-state index is 0.143. The average molecular weight is 299 g/mol. The van der Waals surface area contributed by atoms with Crippen molar-refractivity contribution in [3.8, 4) is 5.75 Å². The molecule has 4 heteroatoms. The first-order valence-corrected chi connectivity index (χ1v) is 7.80. The Morgan fingerprint density at radius 3 is 2.77 bits per heavy atom.